The molecule has 2 aromatic rings. The van der Waals surface area contributed by atoms with Crippen molar-refractivity contribution in [3.8, 4) is 0 Å². The minimum atomic E-state index is -3.20. The third-order valence-corrected chi connectivity index (χ3v) is 8.98. The Kier molecular flexibility index (Phi) is 4.78. The van der Waals surface area contributed by atoms with E-state index in [2.05, 4.69) is 10.6 Å². The smallest absolute Gasteiger partial charge is 0.292 e. The maximum absolute atomic E-state index is 13.5. The fraction of sp³-hybridized carbons (Fsp3) is 0.409. The van der Waals surface area contributed by atoms with Crippen LogP contribution in [-0.2, 0) is 21.1 Å². The molecule has 1 aromatic carbocycles. The predicted molar refractivity (Wildman–Crippen MR) is 119 cm³/mol. The van der Waals surface area contributed by atoms with Gasteiger partial charge in [0.15, 0.2) is 9.84 Å². The zero-order valence-electron chi connectivity index (χ0n) is 17.9. The van der Waals surface area contributed by atoms with Crippen molar-refractivity contribution < 1.29 is 27.2 Å². The fourth-order valence-electron chi connectivity index (χ4n) is 5.14. The van der Waals surface area contributed by atoms with Crippen molar-refractivity contribution in [3.63, 3.8) is 0 Å². The van der Waals surface area contributed by atoms with E-state index >= 15 is 0 Å². The Morgan fingerprint density at radius 3 is 2.58 bits per heavy atom. The molecular formula is C22H21ClFN3O5S. The fourth-order valence-corrected chi connectivity index (χ4v) is 7.32. The van der Waals surface area contributed by atoms with E-state index in [1.165, 1.54) is 12.1 Å². The molecule has 2 aliphatic heterocycles. The molecule has 2 fully saturated rings. The molecule has 5 rings (SSSR count). The first-order valence-corrected chi connectivity index (χ1v) is 12.7. The SMILES string of the molecule is Cc1c(C(=O)C(=O)NC2(C)CS(=O)(=O)C2)c2n(c1C(=O)Nc1ccc(F)c(Cl)c1)C1CC1C2. The summed E-state index contributed by atoms with van der Waals surface area (Å²) in [6.45, 7) is 3.20. The van der Waals surface area contributed by atoms with Gasteiger partial charge in [0.25, 0.3) is 17.6 Å². The first-order chi connectivity index (χ1) is 15.4. The van der Waals surface area contributed by atoms with Gasteiger partial charge in [-0.2, -0.15) is 0 Å². The third kappa shape index (κ3) is 3.65. The number of carbonyl (C=O) groups excluding carboxylic acids is 3. The number of hydrogen-bond donors (Lipinski definition) is 2. The van der Waals surface area contributed by atoms with Gasteiger partial charge in [-0.15, -0.1) is 0 Å². The molecule has 1 saturated heterocycles. The van der Waals surface area contributed by atoms with Gasteiger partial charge in [-0.25, -0.2) is 12.8 Å². The van der Waals surface area contributed by atoms with E-state index in [0.717, 1.165) is 12.5 Å². The summed E-state index contributed by atoms with van der Waals surface area (Å²) in [6.07, 6.45) is 1.47. The third-order valence-electron chi connectivity index (χ3n) is 6.54. The van der Waals surface area contributed by atoms with Crippen LogP contribution in [0.15, 0.2) is 18.2 Å². The summed E-state index contributed by atoms with van der Waals surface area (Å²) in [5, 5.41) is 5.11. The molecule has 1 saturated carbocycles. The zero-order valence-corrected chi connectivity index (χ0v) is 19.4. The summed E-state index contributed by atoms with van der Waals surface area (Å²) < 4.78 is 38.3. The number of Topliss-reactive ketones (excluding diaryl/α,β-unsaturated/α-hetero) is 1. The Morgan fingerprint density at radius 2 is 1.94 bits per heavy atom. The molecule has 174 valence electrons. The molecule has 0 radical (unpaired) electrons. The molecule has 33 heavy (non-hydrogen) atoms. The number of benzene rings is 1. The van der Waals surface area contributed by atoms with Crippen LogP contribution in [0.3, 0.4) is 0 Å². The number of nitrogens with zero attached hydrogens (tertiary/aromatic N) is 1. The van der Waals surface area contributed by atoms with Gasteiger partial charge in [-0.05, 0) is 56.4 Å². The quantitative estimate of drug-likeness (QED) is 0.490. The average molecular weight is 494 g/mol. The van der Waals surface area contributed by atoms with Gasteiger partial charge in [0.05, 0.1) is 27.6 Å². The van der Waals surface area contributed by atoms with E-state index in [-0.39, 0.29) is 33.8 Å². The molecule has 3 heterocycles. The summed E-state index contributed by atoms with van der Waals surface area (Å²) in [5.74, 6) is -2.89. The highest BCUT2D eigenvalue weighted by Gasteiger charge is 2.51. The minimum absolute atomic E-state index is 0.0927. The number of rotatable bonds is 5. The molecular weight excluding hydrogens is 473 g/mol. The van der Waals surface area contributed by atoms with Gasteiger partial charge in [0.2, 0.25) is 0 Å². The van der Waals surface area contributed by atoms with E-state index in [0.29, 0.717) is 29.3 Å². The number of aromatic nitrogens is 1. The average Bonchev–Trinajstić information content (AvgIpc) is 3.26. The van der Waals surface area contributed by atoms with Crippen LogP contribution < -0.4 is 10.6 Å². The van der Waals surface area contributed by atoms with Crippen molar-refractivity contribution in [1.29, 1.82) is 0 Å². The van der Waals surface area contributed by atoms with Crippen LogP contribution >= 0.6 is 11.6 Å². The molecule has 2 unspecified atom stereocenters. The lowest BCUT2D eigenvalue weighted by molar-refractivity contribution is -0.118. The van der Waals surface area contributed by atoms with Crippen molar-refractivity contribution in [1.82, 2.24) is 9.88 Å². The second-order valence-corrected chi connectivity index (χ2v) is 11.9. The lowest BCUT2D eigenvalue weighted by Crippen LogP contribution is -2.64. The molecule has 11 heteroatoms. The van der Waals surface area contributed by atoms with E-state index in [4.69, 9.17) is 11.6 Å². The maximum Gasteiger partial charge on any atom is 0.292 e. The van der Waals surface area contributed by atoms with E-state index < -0.39 is 38.8 Å². The Bertz CT molecular complexity index is 1350. The van der Waals surface area contributed by atoms with Crippen molar-refractivity contribution in [2.75, 3.05) is 16.8 Å². The number of fused-ring (bicyclic) bond motifs is 3. The highest BCUT2D eigenvalue weighted by molar-refractivity contribution is 7.93. The number of carbonyl (C=O) groups is 3. The molecule has 2 amide bonds. The summed E-state index contributed by atoms with van der Waals surface area (Å²) in [7, 11) is -3.20. The van der Waals surface area contributed by atoms with Crippen molar-refractivity contribution in [2.24, 2.45) is 5.92 Å². The van der Waals surface area contributed by atoms with Crippen LogP contribution in [0, 0.1) is 18.7 Å². The second kappa shape index (κ2) is 7.14. The van der Waals surface area contributed by atoms with E-state index in [1.807, 2.05) is 4.57 Å². The number of anilines is 1. The molecule has 0 bridgehead atoms. The zero-order chi connectivity index (χ0) is 23.9. The first kappa shape index (κ1) is 22.1. The largest absolute Gasteiger partial charge is 0.342 e. The predicted octanol–water partition coefficient (Wildman–Crippen LogP) is 2.44. The number of hydrogen-bond acceptors (Lipinski definition) is 5. The van der Waals surface area contributed by atoms with Gasteiger partial charge >= 0.3 is 0 Å². The first-order valence-electron chi connectivity index (χ1n) is 10.5. The summed E-state index contributed by atoms with van der Waals surface area (Å²) >= 11 is 5.81. The monoisotopic (exact) mass is 493 g/mol. The number of nitrogens with one attached hydrogen (secondary N) is 2. The maximum atomic E-state index is 13.5. The molecule has 2 N–H and O–H groups in total. The lowest BCUT2D eigenvalue weighted by Gasteiger charge is -2.38. The number of amides is 2. The topological polar surface area (TPSA) is 114 Å². The Labute approximate surface area is 194 Å². The van der Waals surface area contributed by atoms with Gasteiger partial charge < -0.3 is 15.2 Å². The molecule has 2 atom stereocenters. The summed E-state index contributed by atoms with van der Waals surface area (Å²) in [6, 6.07) is 3.92. The molecule has 1 aliphatic carbocycles. The van der Waals surface area contributed by atoms with Crippen LogP contribution in [-0.4, -0.2) is 47.6 Å². The Morgan fingerprint density at radius 1 is 1.24 bits per heavy atom. The highest BCUT2D eigenvalue weighted by atomic mass is 35.5. The molecule has 3 aliphatic rings. The highest BCUT2D eigenvalue weighted by Crippen LogP contribution is 2.54. The van der Waals surface area contributed by atoms with Crippen LogP contribution in [0.5, 0.6) is 0 Å². The molecule has 0 spiro atoms. The van der Waals surface area contributed by atoms with Crippen LogP contribution in [0.25, 0.3) is 0 Å². The van der Waals surface area contributed by atoms with Crippen molar-refractivity contribution >= 4 is 44.7 Å². The minimum Gasteiger partial charge on any atom is -0.342 e. The van der Waals surface area contributed by atoms with Gasteiger partial charge in [-0.1, -0.05) is 11.6 Å². The molecule has 8 nitrogen and oxygen atoms in total. The molecule has 1 aromatic heterocycles. The Hall–Kier alpha value is -2.72. The van der Waals surface area contributed by atoms with Gasteiger partial charge in [-0.3, -0.25) is 14.4 Å². The van der Waals surface area contributed by atoms with Crippen LogP contribution in [0.1, 0.15) is 51.5 Å². The van der Waals surface area contributed by atoms with Crippen LogP contribution in [0.2, 0.25) is 5.02 Å². The van der Waals surface area contributed by atoms with Gasteiger partial charge in [0, 0.05) is 17.4 Å². The number of halogens is 2. The number of ketones is 1. The normalized spacial score (nSPS) is 23.2. The lowest BCUT2D eigenvalue weighted by atomic mass is 10.0. The van der Waals surface area contributed by atoms with Crippen molar-refractivity contribution in [3.05, 3.63) is 51.6 Å². The Balaban J connectivity index is 1.45. The summed E-state index contributed by atoms with van der Waals surface area (Å²) in [5.41, 5.74) is 0.815. The van der Waals surface area contributed by atoms with Gasteiger partial charge in [0.1, 0.15) is 11.5 Å². The van der Waals surface area contributed by atoms with E-state index in [9.17, 15) is 27.2 Å². The summed E-state index contributed by atoms with van der Waals surface area (Å²) in [4.78, 5) is 39.0. The van der Waals surface area contributed by atoms with Crippen molar-refractivity contribution in [2.45, 2.75) is 38.3 Å². The van der Waals surface area contributed by atoms with E-state index in [1.54, 1.807) is 13.8 Å². The second-order valence-electron chi connectivity index (χ2n) is 9.39. The number of sulfone groups is 1. The standard InChI is InChI=1S/C22H21ClFN3O5S/c1-10-17(19(28)21(30)26-22(2)8-33(31,32)9-22)16-6-11-5-15(11)27(16)18(10)20(29)25-12-3-4-14(24)13(23)7-12/h3-4,7,11,15H,5-6,8-9H2,1-2H3,(H,25,29)(H,26,30). The van der Waals surface area contributed by atoms with Crippen LogP contribution in [0.4, 0.5) is 10.1 Å².